The largest absolute Gasteiger partial charge is 0.494 e. The maximum absolute atomic E-state index is 14.2. The first kappa shape index (κ1) is 73.5. The summed E-state index contributed by atoms with van der Waals surface area (Å²) in [4.78, 5) is 45.9. The zero-order valence-electron chi connectivity index (χ0n) is 65.9. The first-order valence-corrected chi connectivity index (χ1v) is 39.1. The van der Waals surface area contributed by atoms with Gasteiger partial charge in [0.2, 0.25) is 23.1 Å². The number of benzene rings is 8. The number of allylic oxidation sites excluding steroid dienone is 16. The summed E-state index contributed by atoms with van der Waals surface area (Å²) in [5.41, 5.74) is 18.5. The summed E-state index contributed by atoms with van der Waals surface area (Å²) >= 11 is 5.57. The highest BCUT2D eigenvalue weighted by atomic mass is 32.1. The second-order valence-electron chi connectivity index (χ2n) is 32.1. The van der Waals surface area contributed by atoms with Gasteiger partial charge in [0.15, 0.2) is 16.2 Å². The van der Waals surface area contributed by atoms with E-state index >= 15 is 0 Å². The SMILES string of the molecule is CCN1/C(=C/C=C2\CCC(/C=C/C3=[N+](CC)c4ccc5ccccc5c4C3(C)C)=C2c2c(O)n(C)c(=O)n(C)c2=O)C(C)(C)c2c1ccc1ccccc21.CCN1/C(=C/C=C2\CCCC(/C=C/C3=[N+](CC)c4ccc5ccccc5c4C3(C)C)=C2c2c(O)n(C)c(=S)n(C)c2=O)C(C)(C)c2c1ccc1ccccc21. The Hall–Kier alpha value is -11.0. The van der Waals surface area contributed by atoms with Crippen LogP contribution >= 0.6 is 12.2 Å². The molecule has 0 fully saturated rings. The predicted molar refractivity (Wildman–Crippen MR) is 454 cm³/mol. The van der Waals surface area contributed by atoms with Crippen molar-refractivity contribution in [3.8, 4) is 11.8 Å². The molecule has 109 heavy (non-hydrogen) atoms. The van der Waals surface area contributed by atoms with Crippen molar-refractivity contribution in [3.05, 3.63) is 297 Å². The number of aromatic nitrogens is 4. The van der Waals surface area contributed by atoms with Crippen LogP contribution in [0.25, 0.3) is 54.2 Å². The minimum absolute atomic E-state index is 0.104. The Morgan fingerprint density at radius 1 is 0.413 bits per heavy atom. The van der Waals surface area contributed by atoms with Crippen molar-refractivity contribution < 1.29 is 19.4 Å². The quantitative estimate of drug-likeness (QED) is 0.0916. The molecule has 13 nitrogen and oxygen atoms in total. The van der Waals surface area contributed by atoms with Gasteiger partial charge in [-0.15, -0.1) is 0 Å². The molecule has 4 aliphatic heterocycles. The molecule has 16 rings (SSSR count). The Bertz CT molecular complexity index is 6200. The van der Waals surface area contributed by atoms with E-state index in [0.29, 0.717) is 24.0 Å². The number of rotatable bonds is 12. The van der Waals surface area contributed by atoms with Gasteiger partial charge in [-0.25, -0.2) is 4.79 Å². The molecule has 2 N–H and O–H groups in total. The fraction of sp³-hybridized carbons (Fsp3) is 0.305. The molecule has 0 spiro atoms. The number of nitrogens with zero attached hydrogens (tertiary/aromatic N) is 8. The van der Waals surface area contributed by atoms with E-state index in [1.165, 1.54) is 130 Å². The zero-order chi connectivity index (χ0) is 77.2. The van der Waals surface area contributed by atoms with Gasteiger partial charge in [0, 0.05) is 110 Å². The van der Waals surface area contributed by atoms with Gasteiger partial charge in [-0.1, -0.05) is 161 Å². The summed E-state index contributed by atoms with van der Waals surface area (Å²) in [6, 6.07) is 52.3. The van der Waals surface area contributed by atoms with Crippen LogP contribution in [0.1, 0.15) is 149 Å². The van der Waals surface area contributed by atoms with Crippen molar-refractivity contribution in [2.45, 2.75) is 137 Å². The number of fused-ring (bicyclic) bond motifs is 12. The van der Waals surface area contributed by atoms with Crippen LogP contribution in [-0.2, 0) is 49.9 Å². The van der Waals surface area contributed by atoms with E-state index in [2.05, 4.69) is 296 Å². The van der Waals surface area contributed by atoms with Gasteiger partial charge in [0.1, 0.15) is 24.2 Å². The lowest BCUT2D eigenvalue weighted by atomic mass is 9.78. The molecule has 2 aliphatic carbocycles. The second-order valence-corrected chi connectivity index (χ2v) is 32.5. The van der Waals surface area contributed by atoms with Crippen molar-refractivity contribution >= 4 is 101 Å². The third-order valence-electron chi connectivity index (χ3n) is 24.7. The van der Waals surface area contributed by atoms with E-state index in [4.69, 9.17) is 12.2 Å². The van der Waals surface area contributed by atoms with Gasteiger partial charge in [-0.2, -0.15) is 9.15 Å². The average molecular weight is 1470 g/mol. The highest BCUT2D eigenvalue weighted by molar-refractivity contribution is 7.71. The van der Waals surface area contributed by atoms with E-state index in [9.17, 15) is 24.6 Å². The van der Waals surface area contributed by atoms with Gasteiger partial charge < -0.3 is 20.0 Å². The Labute approximate surface area is 644 Å². The Morgan fingerprint density at radius 3 is 1.21 bits per heavy atom. The van der Waals surface area contributed by atoms with Crippen LogP contribution in [-0.4, -0.2) is 75.2 Å². The summed E-state index contributed by atoms with van der Waals surface area (Å²) in [6.45, 7) is 30.5. The molecule has 554 valence electrons. The molecule has 0 bridgehead atoms. The monoisotopic (exact) mass is 1460 g/mol. The second kappa shape index (κ2) is 27.6. The summed E-state index contributed by atoms with van der Waals surface area (Å²) in [5, 5.41) is 33.3. The van der Waals surface area contributed by atoms with Crippen LogP contribution in [0.15, 0.2) is 242 Å². The lowest BCUT2D eigenvalue weighted by Crippen LogP contribution is -2.38. The number of hydrogen-bond acceptors (Lipinski definition) is 8. The van der Waals surface area contributed by atoms with Crippen LogP contribution in [0.2, 0.25) is 0 Å². The summed E-state index contributed by atoms with van der Waals surface area (Å²) in [7, 11) is 6.40. The lowest BCUT2D eigenvalue weighted by molar-refractivity contribution is -0.433. The predicted octanol–water partition coefficient (Wildman–Crippen LogP) is 19.6. The number of likely N-dealkylation sites (N-methyl/N-ethyl adjacent to an activating group) is 2. The molecule has 0 atom stereocenters. The van der Waals surface area contributed by atoms with Crippen molar-refractivity contribution in [1.29, 1.82) is 0 Å². The van der Waals surface area contributed by atoms with Gasteiger partial charge in [-0.05, 0) is 224 Å². The topological polar surface area (TPSA) is 124 Å². The maximum atomic E-state index is 14.2. The fourth-order valence-corrected chi connectivity index (χ4v) is 19.5. The first-order chi connectivity index (χ1) is 52.1. The molecule has 14 heteroatoms. The number of aromatic hydroxyl groups is 2. The molecule has 0 saturated heterocycles. The molecular weight excluding hydrogens is 1370 g/mol. The smallest absolute Gasteiger partial charge is 0.333 e. The molecule has 0 radical (unpaired) electrons. The first-order valence-electron chi connectivity index (χ1n) is 38.7. The van der Waals surface area contributed by atoms with Crippen LogP contribution in [0.4, 0.5) is 22.7 Å². The molecule has 0 saturated carbocycles. The Morgan fingerprint density at radius 2 is 0.789 bits per heavy atom. The third-order valence-corrected chi connectivity index (χ3v) is 25.2. The van der Waals surface area contributed by atoms with Crippen LogP contribution in [0.5, 0.6) is 11.8 Å². The molecule has 0 unspecified atom stereocenters. The van der Waals surface area contributed by atoms with E-state index in [1.807, 2.05) is 0 Å². The number of hydrogen-bond donors (Lipinski definition) is 2. The van der Waals surface area contributed by atoms with Crippen molar-refractivity contribution in [3.63, 3.8) is 0 Å². The normalized spacial score (nSPS) is 19.1. The van der Waals surface area contributed by atoms with E-state index in [1.54, 1.807) is 18.7 Å². The van der Waals surface area contributed by atoms with E-state index in [0.717, 1.165) is 82.4 Å². The van der Waals surface area contributed by atoms with E-state index in [-0.39, 0.29) is 49.3 Å². The average Bonchev–Trinajstić information content (AvgIpc) is 1.59. The highest BCUT2D eigenvalue weighted by Crippen LogP contribution is 2.54. The van der Waals surface area contributed by atoms with Gasteiger partial charge in [0.05, 0.1) is 10.8 Å². The molecule has 2 aromatic heterocycles. The van der Waals surface area contributed by atoms with Crippen molar-refractivity contribution in [1.82, 2.24) is 18.3 Å². The molecule has 6 aliphatic rings. The van der Waals surface area contributed by atoms with E-state index < -0.39 is 11.2 Å². The summed E-state index contributed by atoms with van der Waals surface area (Å²) < 4.78 is 10.4. The summed E-state index contributed by atoms with van der Waals surface area (Å²) in [5.74, 6) is -0.421. The van der Waals surface area contributed by atoms with Gasteiger partial charge in [-0.3, -0.25) is 27.9 Å². The Kier molecular flexibility index (Phi) is 18.6. The standard InChI is InChI=1S/C48H50N4O2S.C47H48N4O3/c1-9-51-36-26-22-30-16-11-13-20-34(30)42(36)47(3,4)38(51)28-24-32-18-15-19-33(40(32)41-44(53)49(7)46(55)50(8)45(41)54)25-29-39-48(5,6)43-35-21-14-12-17-31(35)23-27-37(43)52(39)10-2;1-9-50-35-25-21-29-15-11-13-17-33(29)41(35)46(3,4)37(50)27-23-31-19-20-32(39(31)40-43(52)48(7)45(54)49(8)44(40)53)24-28-38-47(5,6)42-34-18-14-12-16-30(34)22-26-36(42)51(38)10-2/h11-14,16-17,20-29H,9-10,15,18-19H2,1-8H3;11-18,21-28H,9-10,19-20H2,1-8H3/p+2/b32-24+,38-28+;31-23+,37-27+. The van der Waals surface area contributed by atoms with Gasteiger partial charge in [0.25, 0.3) is 11.1 Å². The minimum atomic E-state index is -0.562. The highest BCUT2D eigenvalue weighted by Gasteiger charge is 2.48. The van der Waals surface area contributed by atoms with Crippen LogP contribution < -0.4 is 26.6 Å². The third kappa shape index (κ3) is 11.5. The van der Waals surface area contributed by atoms with Crippen molar-refractivity contribution in [2.24, 2.45) is 28.2 Å². The van der Waals surface area contributed by atoms with Crippen LogP contribution in [0.3, 0.4) is 0 Å². The minimum Gasteiger partial charge on any atom is -0.494 e. The maximum Gasteiger partial charge on any atom is 0.333 e. The molecule has 6 heterocycles. The summed E-state index contributed by atoms with van der Waals surface area (Å²) in [6.07, 6.45) is 21.5. The number of anilines is 2. The van der Waals surface area contributed by atoms with Crippen LogP contribution in [0, 0.1) is 4.77 Å². The fourth-order valence-electron chi connectivity index (χ4n) is 19.3. The Balaban J connectivity index is 0.000000174. The lowest BCUT2D eigenvalue weighted by Gasteiger charge is -2.27. The molecule has 8 aromatic carbocycles. The molecule has 0 amide bonds. The van der Waals surface area contributed by atoms with Gasteiger partial charge >= 0.3 is 5.69 Å². The molecular formula is C95H100N8O5S+2. The zero-order valence-corrected chi connectivity index (χ0v) is 66.8. The van der Waals surface area contributed by atoms with Crippen molar-refractivity contribution in [2.75, 3.05) is 36.0 Å². The molecule has 10 aromatic rings.